The van der Waals surface area contributed by atoms with Gasteiger partial charge in [-0.05, 0) is 67.6 Å². The molecule has 1 saturated carbocycles. The van der Waals surface area contributed by atoms with Crippen molar-refractivity contribution in [1.29, 1.82) is 0 Å². The summed E-state index contributed by atoms with van der Waals surface area (Å²) in [5.74, 6) is 0.721. The molecule has 0 bridgehead atoms. The number of rotatable bonds is 6. The van der Waals surface area contributed by atoms with Gasteiger partial charge in [0.25, 0.3) is 0 Å². The molecule has 0 aromatic heterocycles. The SMILES string of the molecule is O=S(=O)(NCc1ccc(Cl)cc1)c1ccc(OC2CCCC2)cc1. The summed E-state index contributed by atoms with van der Waals surface area (Å²) in [4.78, 5) is 0.232. The molecule has 0 aliphatic heterocycles. The second-order valence-corrected chi connectivity index (χ2v) is 8.15. The number of ether oxygens (including phenoxy) is 1. The maximum absolute atomic E-state index is 12.4. The maximum atomic E-state index is 12.4. The predicted octanol–water partition coefficient (Wildman–Crippen LogP) is 4.14. The Morgan fingerprint density at radius 3 is 2.25 bits per heavy atom. The molecule has 0 heterocycles. The molecule has 0 unspecified atom stereocenters. The molecule has 0 radical (unpaired) electrons. The molecule has 0 amide bonds. The van der Waals surface area contributed by atoms with Gasteiger partial charge < -0.3 is 4.74 Å². The molecule has 1 aliphatic carbocycles. The summed E-state index contributed by atoms with van der Waals surface area (Å²) in [6.07, 6.45) is 4.80. The van der Waals surface area contributed by atoms with Crippen molar-refractivity contribution < 1.29 is 13.2 Å². The van der Waals surface area contributed by atoms with Crippen LogP contribution in [0, 0.1) is 0 Å². The van der Waals surface area contributed by atoms with E-state index in [4.69, 9.17) is 16.3 Å². The van der Waals surface area contributed by atoms with Gasteiger partial charge >= 0.3 is 0 Å². The smallest absolute Gasteiger partial charge is 0.240 e. The highest BCUT2D eigenvalue weighted by molar-refractivity contribution is 7.89. The molecule has 4 nitrogen and oxygen atoms in total. The molecule has 128 valence electrons. The molecular weight excluding hydrogens is 346 g/mol. The van der Waals surface area contributed by atoms with E-state index in [9.17, 15) is 8.42 Å². The van der Waals surface area contributed by atoms with E-state index in [-0.39, 0.29) is 17.5 Å². The van der Waals surface area contributed by atoms with Crippen molar-refractivity contribution in [2.45, 2.75) is 43.2 Å². The topological polar surface area (TPSA) is 55.4 Å². The third kappa shape index (κ3) is 4.50. The first-order valence-corrected chi connectivity index (χ1v) is 9.90. The van der Waals surface area contributed by atoms with Crippen LogP contribution in [0.15, 0.2) is 53.4 Å². The van der Waals surface area contributed by atoms with Crippen LogP contribution in [0.5, 0.6) is 5.75 Å². The number of hydrogen-bond donors (Lipinski definition) is 1. The standard InChI is InChI=1S/C18H20ClNO3S/c19-15-7-5-14(6-8-15)13-20-24(21,22)18-11-9-17(10-12-18)23-16-3-1-2-4-16/h5-12,16,20H,1-4,13H2. The van der Waals surface area contributed by atoms with Crippen molar-refractivity contribution in [2.75, 3.05) is 0 Å². The highest BCUT2D eigenvalue weighted by atomic mass is 35.5. The molecule has 1 fully saturated rings. The van der Waals surface area contributed by atoms with Gasteiger partial charge in [0.2, 0.25) is 10.0 Å². The van der Waals surface area contributed by atoms with Crippen LogP contribution in [0.1, 0.15) is 31.2 Å². The molecule has 0 spiro atoms. The third-order valence-electron chi connectivity index (χ3n) is 4.12. The minimum atomic E-state index is -3.55. The van der Waals surface area contributed by atoms with Gasteiger partial charge in [-0.3, -0.25) is 0 Å². The van der Waals surface area contributed by atoms with E-state index in [1.54, 1.807) is 48.5 Å². The van der Waals surface area contributed by atoms with Crippen LogP contribution in [-0.4, -0.2) is 14.5 Å². The second kappa shape index (κ2) is 7.55. The van der Waals surface area contributed by atoms with Crippen molar-refractivity contribution in [3.8, 4) is 5.75 Å². The summed E-state index contributed by atoms with van der Waals surface area (Å²) in [7, 11) is -3.55. The number of nitrogens with one attached hydrogen (secondary N) is 1. The summed E-state index contributed by atoms with van der Waals surface area (Å²) in [5, 5.41) is 0.624. The van der Waals surface area contributed by atoms with E-state index in [0.717, 1.165) is 24.2 Å². The van der Waals surface area contributed by atoms with E-state index in [1.165, 1.54) is 12.8 Å². The van der Waals surface area contributed by atoms with Gasteiger partial charge in [0.05, 0.1) is 11.0 Å². The van der Waals surface area contributed by atoms with Gasteiger partial charge in [0, 0.05) is 11.6 Å². The zero-order chi connectivity index (χ0) is 17.0. The normalized spacial score (nSPS) is 15.5. The monoisotopic (exact) mass is 365 g/mol. The Hall–Kier alpha value is -1.56. The summed E-state index contributed by atoms with van der Waals surface area (Å²) in [5.41, 5.74) is 0.851. The third-order valence-corrected chi connectivity index (χ3v) is 5.79. The fourth-order valence-corrected chi connectivity index (χ4v) is 3.90. The lowest BCUT2D eigenvalue weighted by Crippen LogP contribution is -2.23. The molecule has 0 atom stereocenters. The van der Waals surface area contributed by atoms with E-state index in [2.05, 4.69) is 4.72 Å². The Morgan fingerprint density at radius 2 is 1.62 bits per heavy atom. The molecular formula is C18H20ClNO3S. The minimum absolute atomic E-state index is 0.222. The first-order valence-electron chi connectivity index (χ1n) is 8.04. The molecule has 2 aromatic carbocycles. The van der Waals surface area contributed by atoms with Crippen LogP contribution in [-0.2, 0) is 16.6 Å². The molecule has 0 saturated heterocycles. The first-order chi connectivity index (χ1) is 11.5. The molecule has 3 rings (SSSR count). The number of halogens is 1. The lowest BCUT2D eigenvalue weighted by Gasteiger charge is -2.13. The summed E-state index contributed by atoms with van der Waals surface area (Å²) >= 11 is 5.82. The maximum Gasteiger partial charge on any atom is 0.240 e. The summed E-state index contributed by atoms with van der Waals surface area (Å²) in [6.45, 7) is 0.222. The van der Waals surface area contributed by atoms with Crippen molar-refractivity contribution in [1.82, 2.24) is 4.72 Å². The average molecular weight is 366 g/mol. The Balaban J connectivity index is 1.62. The Kier molecular flexibility index (Phi) is 5.43. The van der Waals surface area contributed by atoms with Gasteiger partial charge in [0.1, 0.15) is 5.75 Å². The van der Waals surface area contributed by atoms with Gasteiger partial charge in [-0.2, -0.15) is 0 Å². The second-order valence-electron chi connectivity index (χ2n) is 5.95. The van der Waals surface area contributed by atoms with Crippen LogP contribution in [0.3, 0.4) is 0 Å². The zero-order valence-electron chi connectivity index (χ0n) is 13.2. The molecule has 1 N–H and O–H groups in total. The molecule has 24 heavy (non-hydrogen) atoms. The van der Waals surface area contributed by atoms with Gasteiger partial charge in [-0.15, -0.1) is 0 Å². The van der Waals surface area contributed by atoms with Crippen LogP contribution >= 0.6 is 11.6 Å². The Bertz CT molecular complexity index is 767. The summed E-state index contributed by atoms with van der Waals surface area (Å²) in [6, 6.07) is 13.7. The molecule has 6 heteroatoms. The van der Waals surface area contributed by atoms with Crippen LogP contribution in [0.2, 0.25) is 5.02 Å². The highest BCUT2D eigenvalue weighted by Crippen LogP contribution is 2.25. The number of benzene rings is 2. The van der Waals surface area contributed by atoms with Gasteiger partial charge in [-0.1, -0.05) is 23.7 Å². The fraction of sp³-hybridized carbons (Fsp3) is 0.333. The fourth-order valence-electron chi connectivity index (χ4n) is 2.76. The van der Waals surface area contributed by atoms with Gasteiger partial charge in [0.15, 0.2) is 0 Å². The Morgan fingerprint density at radius 1 is 1.00 bits per heavy atom. The van der Waals surface area contributed by atoms with E-state index < -0.39 is 10.0 Å². The minimum Gasteiger partial charge on any atom is -0.490 e. The first kappa shape index (κ1) is 17.3. The van der Waals surface area contributed by atoms with Crippen molar-refractivity contribution in [3.05, 3.63) is 59.1 Å². The molecule has 2 aromatic rings. The van der Waals surface area contributed by atoms with Crippen molar-refractivity contribution >= 4 is 21.6 Å². The summed E-state index contributed by atoms with van der Waals surface area (Å²) < 4.78 is 33.1. The zero-order valence-corrected chi connectivity index (χ0v) is 14.8. The molecule has 1 aliphatic rings. The lowest BCUT2D eigenvalue weighted by atomic mass is 10.2. The highest BCUT2D eigenvalue weighted by Gasteiger charge is 2.17. The Labute approximate surface area is 147 Å². The quantitative estimate of drug-likeness (QED) is 0.837. The number of hydrogen-bond acceptors (Lipinski definition) is 3. The number of sulfonamides is 1. The average Bonchev–Trinajstić information content (AvgIpc) is 3.08. The van der Waals surface area contributed by atoms with E-state index >= 15 is 0 Å². The van der Waals surface area contributed by atoms with Crippen LogP contribution < -0.4 is 9.46 Å². The van der Waals surface area contributed by atoms with Crippen LogP contribution in [0.4, 0.5) is 0 Å². The van der Waals surface area contributed by atoms with Crippen molar-refractivity contribution in [2.24, 2.45) is 0 Å². The predicted molar refractivity (Wildman–Crippen MR) is 94.8 cm³/mol. The van der Waals surface area contributed by atoms with Crippen molar-refractivity contribution in [3.63, 3.8) is 0 Å². The van der Waals surface area contributed by atoms with E-state index in [1.807, 2.05) is 0 Å². The van der Waals surface area contributed by atoms with Crippen LogP contribution in [0.25, 0.3) is 0 Å². The largest absolute Gasteiger partial charge is 0.490 e. The lowest BCUT2D eigenvalue weighted by molar-refractivity contribution is 0.210. The van der Waals surface area contributed by atoms with Gasteiger partial charge in [-0.25, -0.2) is 13.1 Å². The van der Waals surface area contributed by atoms with E-state index in [0.29, 0.717) is 5.02 Å².